The molecule has 0 bridgehead atoms. The van der Waals surface area contributed by atoms with E-state index in [4.69, 9.17) is 30.2 Å². The molecule has 4 rings (SSSR count). The number of benzene rings is 2. The zero-order chi connectivity index (χ0) is 18.1. The van der Waals surface area contributed by atoms with Crippen molar-refractivity contribution in [2.45, 2.75) is 6.42 Å². The number of hydrogen-bond acceptors (Lipinski definition) is 6. The van der Waals surface area contributed by atoms with E-state index in [1.165, 1.54) is 12.1 Å². The monoisotopic (exact) mass is 372 g/mol. The van der Waals surface area contributed by atoms with Gasteiger partial charge < -0.3 is 18.6 Å². The van der Waals surface area contributed by atoms with Crippen LogP contribution in [0.15, 0.2) is 51.7 Å². The first kappa shape index (κ1) is 16.5. The van der Waals surface area contributed by atoms with Crippen molar-refractivity contribution in [1.29, 1.82) is 0 Å². The van der Waals surface area contributed by atoms with Gasteiger partial charge in [-0.25, -0.2) is 4.79 Å². The molecule has 0 saturated carbocycles. The van der Waals surface area contributed by atoms with Crippen molar-refractivity contribution in [2.75, 3.05) is 13.2 Å². The fourth-order valence-electron chi connectivity index (χ4n) is 2.70. The Morgan fingerprint density at radius 1 is 1.08 bits per heavy atom. The first-order valence-electron chi connectivity index (χ1n) is 7.91. The maximum atomic E-state index is 12.2. The van der Waals surface area contributed by atoms with E-state index in [-0.39, 0.29) is 6.42 Å². The highest BCUT2D eigenvalue weighted by Gasteiger charge is 2.18. The Morgan fingerprint density at radius 2 is 1.88 bits per heavy atom. The van der Waals surface area contributed by atoms with Crippen LogP contribution in [0.2, 0.25) is 5.02 Å². The molecule has 6 nitrogen and oxygen atoms in total. The summed E-state index contributed by atoms with van der Waals surface area (Å²) in [7, 11) is 0. The third kappa shape index (κ3) is 3.36. The van der Waals surface area contributed by atoms with Crippen molar-refractivity contribution in [2.24, 2.45) is 0 Å². The van der Waals surface area contributed by atoms with Crippen molar-refractivity contribution in [3.05, 3.63) is 63.5 Å². The Kier molecular flexibility index (Phi) is 4.26. The van der Waals surface area contributed by atoms with Gasteiger partial charge >= 0.3 is 11.6 Å². The fraction of sp³-hybridized carbons (Fsp3) is 0.158. The van der Waals surface area contributed by atoms with Gasteiger partial charge in [0.25, 0.3) is 0 Å². The minimum atomic E-state index is -0.477. The standard InChI is InChI=1S/C19H13ClO6/c20-14-7-11(8-16-19(14)24-6-5-23-16)9-18(22)25-13-3-1-12-2-4-17(21)26-15(12)10-13/h1-4,7-8,10H,5-6,9H2. The summed E-state index contributed by atoms with van der Waals surface area (Å²) in [4.78, 5) is 23.5. The lowest BCUT2D eigenvalue weighted by Gasteiger charge is -2.20. The third-order valence-corrected chi connectivity index (χ3v) is 4.11. The second kappa shape index (κ2) is 6.72. The average Bonchev–Trinajstić information content (AvgIpc) is 2.61. The zero-order valence-electron chi connectivity index (χ0n) is 13.5. The van der Waals surface area contributed by atoms with Crippen LogP contribution in [0.25, 0.3) is 11.0 Å². The van der Waals surface area contributed by atoms with Gasteiger partial charge in [0.1, 0.15) is 24.5 Å². The van der Waals surface area contributed by atoms with Gasteiger partial charge in [-0.2, -0.15) is 0 Å². The molecule has 26 heavy (non-hydrogen) atoms. The summed E-state index contributed by atoms with van der Waals surface area (Å²) in [6.45, 7) is 0.867. The highest BCUT2D eigenvalue weighted by molar-refractivity contribution is 6.32. The minimum absolute atomic E-state index is 0.00708. The molecule has 1 aliphatic rings. The van der Waals surface area contributed by atoms with E-state index in [2.05, 4.69) is 0 Å². The molecule has 0 N–H and O–H groups in total. The molecule has 1 aromatic heterocycles. The van der Waals surface area contributed by atoms with E-state index in [1.54, 1.807) is 30.3 Å². The lowest BCUT2D eigenvalue weighted by molar-refractivity contribution is -0.133. The summed E-state index contributed by atoms with van der Waals surface area (Å²) in [6.07, 6.45) is 0.00708. The lowest BCUT2D eigenvalue weighted by Crippen LogP contribution is -2.16. The average molecular weight is 373 g/mol. The number of esters is 1. The maximum absolute atomic E-state index is 12.2. The molecule has 0 fully saturated rings. The van der Waals surface area contributed by atoms with Crippen LogP contribution in [0.3, 0.4) is 0 Å². The predicted molar refractivity (Wildman–Crippen MR) is 94.3 cm³/mol. The quantitative estimate of drug-likeness (QED) is 0.398. The number of carbonyl (C=O) groups is 1. The van der Waals surface area contributed by atoms with Gasteiger partial charge in [-0.3, -0.25) is 4.79 Å². The molecule has 0 spiro atoms. The topological polar surface area (TPSA) is 75.0 Å². The van der Waals surface area contributed by atoms with E-state index in [0.717, 1.165) is 5.39 Å². The van der Waals surface area contributed by atoms with Gasteiger partial charge in [0, 0.05) is 17.5 Å². The highest BCUT2D eigenvalue weighted by Crippen LogP contribution is 2.38. The minimum Gasteiger partial charge on any atom is -0.486 e. The molecule has 7 heteroatoms. The Hall–Kier alpha value is -2.99. The number of rotatable bonds is 3. The van der Waals surface area contributed by atoms with Crippen molar-refractivity contribution < 1.29 is 23.4 Å². The summed E-state index contributed by atoms with van der Waals surface area (Å²) in [5.74, 6) is 0.814. The van der Waals surface area contributed by atoms with Crippen LogP contribution < -0.4 is 19.8 Å². The molecule has 0 radical (unpaired) electrons. The van der Waals surface area contributed by atoms with Crippen LogP contribution in [-0.2, 0) is 11.2 Å². The summed E-state index contributed by atoms with van der Waals surface area (Å²) in [5.41, 5.74) is 0.536. The first-order chi connectivity index (χ1) is 12.6. The Labute approximate surface area is 152 Å². The Morgan fingerprint density at radius 3 is 2.77 bits per heavy atom. The molecule has 0 amide bonds. The van der Waals surface area contributed by atoms with Gasteiger partial charge in [-0.1, -0.05) is 11.6 Å². The molecule has 0 atom stereocenters. The van der Waals surface area contributed by atoms with E-state index in [9.17, 15) is 9.59 Å². The molecular weight excluding hydrogens is 360 g/mol. The molecule has 1 aliphatic heterocycles. The van der Waals surface area contributed by atoms with Crippen LogP contribution in [0, 0.1) is 0 Å². The Balaban J connectivity index is 1.52. The van der Waals surface area contributed by atoms with Crippen molar-refractivity contribution in [1.82, 2.24) is 0 Å². The van der Waals surface area contributed by atoms with Gasteiger partial charge in [0.05, 0.1) is 11.4 Å². The number of fused-ring (bicyclic) bond motifs is 2. The van der Waals surface area contributed by atoms with Crippen molar-refractivity contribution >= 4 is 28.5 Å². The van der Waals surface area contributed by atoms with Crippen LogP contribution in [0.5, 0.6) is 17.2 Å². The van der Waals surface area contributed by atoms with Gasteiger partial charge in [-0.05, 0) is 35.9 Å². The smallest absolute Gasteiger partial charge is 0.336 e. The number of hydrogen-bond donors (Lipinski definition) is 0. The van der Waals surface area contributed by atoms with Gasteiger partial charge in [0.15, 0.2) is 11.5 Å². The van der Waals surface area contributed by atoms with Crippen LogP contribution in [-0.4, -0.2) is 19.2 Å². The highest BCUT2D eigenvalue weighted by atomic mass is 35.5. The molecule has 2 aromatic carbocycles. The molecule has 0 saturated heterocycles. The largest absolute Gasteiger partial charge is 0.486 e. The molecule has 132 valence electrons. The van der Waals surface area contributed by atoms with E-state index < -0.39 is 11.6 Å². The summed E-state index contributed by atoms with van der Waals surface area (Å²) >= 11 is 6.17. The second-order valence-electron chi connectivity index (χ2n) is 5.71. The SMILES string of the molecule is O=C(Cc1cc(Cl)c2c(c1)OCCO2)Oc1ccc2ccc(=O)oc2c1. The van der Waals surface area contributed by atoms with Crippen LogP contribution in [0.4, 0.5) is 0 Å². The Bertz CT molecular complexity index is 1060. The summed E-state index contributed by atoms with van der Waals surface area (Å²) in [6, 6.07) is 11.2. The normalized spacial score (nSPS) is 12.8. The van der Waals surface area contributed by atoms with Gasteiger partial charge in [0.2, 0.25) is 0 Å². The lowest BCUT2D eigenvalue weighted by atomic mass is 10.1. The molecule has 3 aromatic rings. The third-order valence-electron chi connectivity index (χ3n) is 3.83. The van der Waals surface area contributed by atoms with Crippen LogP contribution >= 0.6 is 11.6 Å². The van der Waals surface area contributed by atoms with Crippen LogP contribution in [0.1, 0.15) is 5.56 Å². The number of halogens is 1. The molecule has 0 aliphatic carbocycles. The first-order valence-corrected chi connectivity index (χ1v) is 8.29. The summed E-state index contributed by atoms with van der Waals surface area (Å²) < 4.78 is 21.4. The fourth-order valence-corrected chi connectivity index (χ4v) is 2.99. The zero-order valence-corrected chi connectivity index (χ0v) is 14.2. The number of carbonyl (C=O) groups excluding carboxylic acids is 1. The van der Waals surface area contributed by atoms with E-state index in [0.29, 0.717) is 46.6 Å². The molecule has 0 unspecified atom stereocenters. The molecular formula is C19H13ClO6. The van der Waals surface area contributed by atoms with Crippen molar-refractivity contribution in [3.63, 3.8) is 0 Å². The maximum Gasteiger partial charge on any atom is 0.336 e. The second-order valence-corrected chi connectivity index (χ2v) is 6.11. The van der Waals surface area contributed by atoms with E-state index >= 15 is 0 Å². The number of ether oxygens (including phenoxy) is 3. The molecule has 2 heterocycles. The van der Waals surface area contributed by atoms with E-state index in [1.807, 2.05) is 0 Å². The predicted octanol–water partition coefficient (Wildman–Crippen LogP) is 3.37. The summed E-state index contributed by atoms with van der Waals surface area (Å²) in [5, 5.41) is 1.13. The van der Waals surface area contributed by atoms with Gasteiger partial charge in [-0.15, -0.1) is 0 Å². The van der Waals surface area contributed by atoms with Crippen molar-refractivity contribution in [3.8, 4) is 17.2 Å².